The number of nitrogens with two attached hydrogens (primary N) is 1. The standard InChI is InChI=1S/C13H18N2O2S2/c1-15(12-6-3-7-12)19(16,17)9-10-4-2-5-11(8-10)13(14)18/h2,4-5,8,12H,3,6-7,9H2,1H3,(H2,14,18). The summed E-state index contributed by atoms with van der Waals surface area (Å²) in [5.74, 6) is -0.00352. The zero-order valence-electron chi connectivity index (χ0n) is 10.9. The quantitative estimate of drug-likeness (QED) is 0.839. The molecule has 0 atom stereocenters. The molecule has 2 rings (SSSR count). The van der Waals surface area contributed by atoms with Crippen LogP contribution in [0, 0.1) is 0 Å². The van der Waals surface area contributed by atoms with Gasteiger partial charge in [-0.15, -0.1) is 0 Å². The molecule has 1 aliphatic rings. The molecule has 1 aliphatic carbocycles. The molecule has 1 fully saturated rings. The van der Waals surface area contributed by atoms with Gasteiger partial charge in [0.05, 0.1) is 5.75 Å². The normalized spacial score (nSPS) is 16.3. The summed E-state index contributed by atoms with van der Waals surface area (Å²) in [6.07, 6.45) is 3.03. The van der Waals surface area contributed by atoms with Gasteiger partial charge in [0.15, 0.2) is 0 Å². The predicted molar refractivity (Wildman–Crippen MR) is 80.4 cm³/mol. The van der Waals surface area contributed by atoms with E-state index in [1.807, 2.05) is 0 Å². The van der Waals surface area contributed by atoms with Gasteiger partial charge in [0.25, 0.3) is 0 Å². The molecule has 1 saturated carbocycles. The summed E-state index contributed by atoms with van der Waals surface area (Å²) in [5, 5.41) is 0. The van der Waals surface area contributed by atoms with E-state index in [0.29, 0.717) is 5.56 Å². The second-order valence-corrected chi connectivity index (χ2v) is 7.39. The van der Waals surface area contributed by atoms with Gasteiger partial charge in [-0.05, 0) is 24.5 Å². The highest BCUT2D eigenvalue weighted by Gasteiger charge is 2.30. The van der Waals surface area contributed by atoms with E-state index in [1.165, 1.54) is 4.31 Å². The maximum absolute atomic E-state index is 12.3. The van der Waals surface area contributed by atoms with E-state index in [1.54, 1.807) is 31.3 Å². The first kappa shape index (κ1) is 14.4. The number of hydrogen-bond donors (Lipinski definition) is 1. The van der Waals surface area contributed by atoms with Crippen molar-refractivity contribution in [2.75, 3.05) is 7.05 Å². The minimum Gasteiger partial charge on any atom is -0.389 e. The zero-order valence-corrected chi connectivity index (χ0v) is 12.5. The Hall–Kier alpha value is -0.980. The summed E-state index contributed by atoms with van der Waals surface area (Å²) in [5.41, 5.74) is 6.98. The molecule has 0 bridgehead atoms. The van der Waals surface area contributed by atoms with Gasteiger partial charge in [-0.2, -0.15) is 0 Å². The third-order valence-electron chi connectivity index (χ3n) is 3.59. The molecular formula is C13H18N2O2S2. The lowest BCUT2D eigenvalue weighted by Crippen LogP contribution is -2.41. The van der Waals surface area contributed by atoms with Gasteiger partial charge in [-0.1, -0.05) is 36.8 Å². The molecule has 0 aromatic heterocycles. The van der Waals surface area contributed by atoms with Crippen LogP contribution in [0.25, 0.3) is 0 Å². The number of nitrogens with zero attached hydrogens (tertiary/aromatic N) is 1. The van der Waals surface area contributed by atoms with Gasteiger partial charge in [0.1, 0.15) is 4.99 Å². The van der Waals surface area contributed by atoms with Crippen LogP contribution < -0.4 is 5.73 Å². The first-order chi connectivity index (χ1) is 8.90. The van der Waals surface area contributed by atoms with Crippen molar-refractivity contribution in [1.29, 1.82) is 0 Å². The van der Waals surface area contributed by atoms with Crippen molar-refractivity contribution in [3.05, 3.63) is 35.4 Å². The molecule has 19 heavy (non-hydrogen) atoms. The fourth-order valence-electron chi connectivity index (χ4n) is 2.10. The molecule has 1 aromatic carbocycles. The van der Waals surface area contributed by atoms with Gasteiger partial charge in [-0.25, -0.2) is 12.7 Å². The van der Waals surface area contributed by atoms with Crippen LogP contribution in [-0.4, -0.2) is 30.8 Å². The molecule has 2 N–H and O–H groups in total. The Labute approximate surface area is 119 Å². The lowest BCUT2D eigenvalue weighted by Gasteiger charge is -2.33. The highest BCUT2D eigenvalue weighted by molar-refractivity contribution is 7.88. The van der Waals surface area contributed by atoms with Crippen LogP contribution in [0.2, 0.25) is 0 Å². The van der Waals surface area contributed by atoms with Gasteiger partial charge < -0.3 is 5.73 Å². The number of thiocarbonyl (C=S) groups is 1. The Morgan fingerprint density at radius 2 is 2.16 bits per heavy atom. The molecule has 6 heteroatoms. The second kappa shape index (κ2) is 5.56. The highest BCUT2D eigenvalue weighted by Crippen LogP contribution is 2.26. The molecule has 4 nitrogen and oxygen atoms in total. The van der Waals surface area contributed by atoms with Crippen LogP contribution in [0.4, 0.5) is 0 Å². The summed E-state index contributed by atoms with van der Waals surface area (Å²) in [6.45, 7) is 0. The lowest BCUT2D eigenvalue weighted by molar-refractivity contribution is 0.249. The average Bonchev–Trinajstić information content (AvgIpc) is 2.26. The minimum absolute atomic E-state index is 0.00352. The molecule has 0 radical (unpaired) electrons. The van der Waals surface area contributed by atoms with E-state index >= 15 is 0 Å². The highest BCUT2D eigenvalue weighted by atomic mass is 32.2. The molecule has 0 heterocycles. The van der Waals surface area contributed by atoms with Crippen LogP contribution in [0.15, 0.2) is 24.3 Å². The van der Waals surface area contributed by atoms with Gasteiger partial charge in [0.2, 0.25) is 10.0 Å². The van der Waals surface area contributed by atoms with Crippen LogP contribution in [0.1, 0.15) is 30.4 Å². The Bertz CT molecular complexity index is 580. The van der Waals surface area contributed by atoms with Crippen molar-refractivity contribution >= 4 is 27.2 Å². The lowest BCUT2D eigenvalue weighted by atomic mass is 9.94. The maximum atomic E-state index is 12.3. The SMILES string of the molecule is CN(C1CCC1)S(=O)(=O)Cc1cccc(C(N)=S)c1. The van der Waals surface area contributed by atoms with E-state index in [0.717, 1.165) is 24.8 Å². The summed E-state index contributed by atoms with van der Waals surface area (Å²) < 4.78 is 26.1. The third-order valence-corrected chi connectivity index (χ3v) is 5.70. The van der Waals surface area contributed by atoms with E-state index in [9.17, 15) is 8.42 Å². The van der Waals surface area contributed by atoms with Gasteiger partial charge in [0, 0.05) is 18.7 Å². The minimum atomic E-state index is -3.27. The number of rotatable bonds is 5. The maximum Gasteiger partial charge on any atom is 0.218 e. The largest absolute Gasteiger partial charge is 0.389 e. The summed E-state index contributed by atoms with van der Waals surface area (Å²) in [4.78, 5) is 0.284. The van der Waals surface area contributed by atoms with Crippen molar-refractivity contribution in [3.8, 4) is 0 Å². The summed E-state index contributed by atoms with van der Waals surface area (Å²) >= 11 is 4.90. The monoisotopic (exact) mass is 298 g/mol. The van der Waals surface area contributed by atoms with E-state index in [-0.39, 0.29) is 16.8 Å². The van der Waals surface area contributed by atoms with Crippen LogP contribution in [0.5, 0.6) is 0 Å². The predicted octanol–water partition coefficient (Wildman–Crippen LogP) is 1.63. The summed E-state index contributed by atoms with van der Waals surface area (Å²) in [7, 11) is -1.60. The molecule has 0 spiro atoms. The van der Waals surface area contributed by atoms with Crippen molar-refractivity contribution in [2.45, 2.75) is 31.1 Å². The molecular weight excluding hydrogens is 280 g/mol. The van der Waals surface area contributed by atoms with E-state index in [2.05, 4.69) is 0 Å². The third kappa shape index (κ3) is 3.32. The van der Waals surface area contributed by atoms with E-state index in [4.69, 9.17) is 18.0 Å². The Morgan fingerprint density at radius 1 is 1.47 bits per heavy atom. The first-order valence-electron chi connectivity index (χ1n) is 6.24. The first-order valence-corrected chi connectivity index (χ1v) is 8.26. The molecule has 104 valence electrons. The molecule has 1 aromatic rings. The van der Waals surface area contributed by atoms with Crippen molar-refractivity contribution in [2.24, 2.45) is 5.73 Å². The average molecular weight is 298 g/mol. The smallest absolute Gasteiger partial charge is 0.218 e. The number of sulfonamides is 1. The van der Waals surface area contributed by atoms with Crippen LogP contribution in [-0.2, 0) is 15.8 Å². The van der Waals surface area contributed by atoms with Crippen molar-refractivity contribution < 1.29 is 8.42 Å². The van der Waals surface area contributed by atoms with E-state index < -0.39 is 10.0 Å². The second-order valence-electron chi connectivity index (χ2n) is 4.92. The van der Waals surface area contributed by atoms with Gasteiger partial charge in [-0.3, -0.25) is 0 Å². The fourth-order valence-corrected chi connectivity index (χ4v) is 3.70. The molecule has 0 aliphatic heterocycles. The molecule has 0 saturated heterocycles. The number of hydrogen-bond acceptors (Lipinski definition) is 3. The Balaban J connectivity index is 2.15. The van der Waals surface area contributed by atoms with Crippen molar-refractivity contribution in [1.82, 2.24) is 4.31 Å². The topological polar surface area (TPSA) is 63.4 Å². The Kier molecular flexibility index (Phi) is 4.23. The van der Waals surface area contributed by atoms with Crippen LogP contribution >= 0.6 is 12.2 Å². The van der Waals surface area contributed by atoms with Gasteiger partial charge >= 0.3 is 0 Å². The molecule has 0 amide bonds. The van der Waals surface area contributed by atoms with Crippen molar-refractivity contribution in [3.63, 3.8) is 0 Å². The fraction of sp³-hybridized carbons (Fsp3) is 0.462. The summed E-state index contributed by atoms with van der Waals surface area (Å²) in [6, 6.07) is 7.27. The molecule has 0 unspecified atom stereocenters. The Morgan fingerprint density at radius 3 is 2.68 bits per heavy atom. The number of benzene rings is 1. The zero-order chi connectivity index (χ0) is 14.0. The van der Waals surface area contributed by atoms with Crippen LogP contribution in [0.3, 0.4) is 0 Å².